The SMILES string of the molecule is O=[N+]([O-])c1cc(/C=N/n2c(C3CCCCC3)n[nH]c2=S)ccc1Cl. The van der Waals surface area contributed by atoms with Gasteiger partial charge in [-0.2, -0.15) is 14.9 Å². The summed E-state index contributed by atoms with van der Waals surface area (Å²) < 4.78 is 2.02. The van der Waals surface area contributed by atoms with Gasteiger partial charge in [-0.3, -0.25) is 15.2 Å². The van der Waals surface area contributed by atoms with Crippen LogP contribution in [0.2, 0.25) is 5.02 Å². The Morgan fingerprint density at radius 2 is 2.17 bits per heavy atom. The molecule has 9 heteroatoms. The van der Waals surface area contributed by atoms with Crippen LogP contribution in [0.1, 0.15) is 49.4 Å². The lowest BCUT2D eigenvalue weighted by atomic mass is 9.89. The molecule has 1 saturated carbocycles. The molecule has 1 aromatic heterocycles. The summed E-state index contributed by atoms with van der Waals surface area (Å²) in [5, 5.41) is 22.5. The highest BCUT2D eigenvalue weighted by molar-refractivity contribution is 7.71. The summed E-state index contributed by atoms with van der Waals surface area (Å²) >= 11 is 11.1. The Balaban J connectivity index is 1.90. The van der Waals surface area contributed by atoms with Crippen LogP contribution >= 0.6 is 23.8 Å². The van der Waals surface area contributed by atoms with Crippen molar-refractivity contribution in [3.8, 4) is 0 Å². The topological polar surface area (TPSA) is 89.1 Å². The van der Waals surface area contributed by atoms with Gasteiger partial charge in [0, 0.05) is 17.5 Å². The number of hydrogen-bond acceptors (Lipinski definition) is 5. The van der Waals surface area contributed by atoms with Crippen LogP contribution in [0.3, 0.4) is 0 Å². The number of H-pyrrole nitrogens is 1. The summed E-state index contributed by atoms with van der Waals surface area (Å²) in [5.41, 5.74) is 0.424. The first-order valence-corrected chi connectivity index (χ1v) is 8.50. The van der Waals surface area contributed by atoms with E-state index in [-0.39, 0.29) is 10.7 Å². The maximum absolute atomic E-state index is 11.0. The Bertz CT molecular complexity index is 839. The molecule has 1 fully saturated rings. The summed E-state index contributed by atoms with van der Waals surface area (Å²) in [6.07, 6.45) is 7.28. The fraction of sp³-hybridized carbons (Fsp3) is 0.400. The van der Waals surface area contributed by atoms with Crippen LogP contribution in [-0.2, 0) is 0 Å². The highest BCUT2D eigenvalue weighted by atomic mass is 35.5. The second-order valence-electron chi connectivity index (χ2n) is 5.75. The third kappa shape index (κ3) is 3.54. The van der Waals surface area contributed by atoms with Crippen LogP contribution in [-0.4, -0.2) is 26.0 Å². The van der Waals surface area contributed by atoms with Gasteiger partial charge in [-0.1, -0.05) is 36.9 Å². The Hall–Kier alpha value is -2.06. The summed E-state index contributed by atoms with van der Waals surface area (Å²) in [6.45, 7) is 0. The van der Waals surface area contributed by atoms with Crippen LogP contribution in [0.5, 0.6) is 0 Å². The van der Waals surface area contributed by atoms with E-state index in [9.17, 15) is 10.1 Å². The zero-order chi connectivity index (χ0) is 17.1. The minimum absolute atomic E-state index is 0.0972. The van der Waals surface area contributed by atoms with Crippen molar-refractivity contribution in [1.82, 2.24) is 14.9 Å². The molecule has 0 radical (unpaired) electrons. The van der Waals surface area contributed by atoms with Gasteiger partial charge < -0.3 is 0 Å². The zero-order valence-electron chi connectivity index (χ0n) is 12.8. The van der Waals surface area contributed by atoms with Crippen molar-refractivity contribution in [1.29, 1.82) is 0 Å². The second kappa shape index (κ2) is 7.23. The summed E-state index contributed by atoms with van der Waals surface area (Å²) in [7, 11) is 0. The molecule has 0 amide bonds. The Labute approximate surface area is 148 Å². The molecule has 0 atom stereocenters. The van der Waals surface area contributed by atoms with Gasteiger partial charge in [0.15, 0.2) is 5.82 Å². The Morgan fingerprint density at radius 1 is 1.42 bits per heavy atom. The maximum Gasteiger partial charge on any atom is 0.288 e. The number of benzene rings is 1. The van der Waals surface area contributed by atoms with Crippen LogP contribution in [0.15, 0.2) is 23.3 Å². The predicted molar refractivity (Wildman–Crippen MR) is 94.3 cm³/mol. The van der Waals surface area contributed by atoms with Gasteiger partial charge in [-0.05, 0) is 31.1 Å². The van der Waals surface area contributed by atoms with Crippen molar-refractivity contribution in [2.75, 3.05) is 0 Å². The molecule has 0 spiro atoms. The fourth-order valence-electron chi connectivity index (χ4n) is 2.91. The fourth-order valence-corrected chi connectivity index (χ4v) is 3.29. The number of halogens is 1. The normalized spacial score (nSPS) is 15.9. The predicted octanol–water partition coefficient (Wildman–Crippen LogP) is 4.43. The average Bonchev–Trinajstić information content (AvgIpc) is 2.95. The van der Waals surface area contributed by atoms with E-state index in [4.69, 9.17) is 23.8 Å². The molecule has 7 nitrogen and oxygen atoms in total. The van der Waals surface area contributed by atoms with Crippen LogP contribution in [0.25, 0.3) is 0 Å². The van der Waals surface area contributed by atoms with Crippen molar-refractivity contribution in [2.24, 2.45) is 5.10 Å². The number of rotatable bonds is 4. The maximum atomic E-state index is 11.0. The van der Waals surface area contributed by atoms with E-state index in [1.165, 1.54) is 37.6 Å². The summed E-state index contributed by atoms with van der Waals surface area (Å²) in [5.74, 6) is 1.16. The minimum atomic E-state index is -0.517. The first-order chi connectivity index (χ1) is 11.6. The third-order valence-corrected chi connectivity index (χ3v) is 4.72. The largest absolute Gasteiger partial charge is 0.288 e. The van der Waals surface area contributed by atoms with Gasteiger partial charge >= 0.3 is 0 Å². The lowest BCUT2D eigenvalue weighted by molar-refractivity contribution is -0.384. The Morgan fingerprint density at radius 3 is 2.88 bits per heavy atom. The quantitative estimate of drug-likeness (QED) is 0.375. The van der Waals surface area contributed by atoms with Crippen molar-refractivity contribution < 1.29 is 4.92 Å². The molecule has 1 aliphatic rings. The average molecular weight is 366 g/mol. The highest BCUT2D eigenvalue weighted by Crippen LogP contribution is 2.31. The van der Waals surface area contributed by atoms with Gasteiger partial charge in [0.05, 0.1) is 11.1 Å². The first-order valence-electron chi connectivity index (χ1n) is 7.72. The third-order valence-electron chi connectivity index (χ3n) is 4.13. The van der Waals surface area contributed by atoms with Gasteiger partial charge in [-0.15, -0.1) is 0 Å². The number of nitro benzene ring substituents is 1. The van der Waals surface area contributed by atoms with Crippen LogP contribution < -0.4 is 0 Å². The van der Waals surface area contributed by atoms with E-state index in [2.05, 4.69) is 15.3 Å². The molecule has 2 aromatic rings. The summed E-state index contributed by atoms with van der Waals surface area (Å²) in [6, 6.07) is 4.54. The zero-order valence-corrected chi connectivity index (χ0v) is 14.4. The number of aromatic nitrogens is 3. The number of nitrogens with zero attached hydrogens (tertiary/aromatic N) is 4. The molecule has 0 aliphatic heterocycles. The van der Waals surface area contributed by atoms with E-state index in [0.29, 0.717) is 16.3 Å². The van der Waals surface area contributed by atoms with Crippen molar-refractivity contribution in [2.45, 2.75) is 38.0 Å². The standard InChI is InChI=1S/C15H16ClN5O2S/c16-12-7-6-10(8-13(12)21(22)23)9-17-20-14(18-19-15(20)24)11-4-2-1-3-5-11/h6-9,11H,1-5H2,(H,19,24)/b17-9+. The smallest absolute Gasteiger partial charge is 0.258 e. The molecule has 3 rings (SSSR count). The van der Waals surface area contributed by atoms with E-state index in [0.717, 1.165) is 18.7 Å². The lowest BCUT2D eigenvalue weighted by Crippen LogP contribution is -2.10. The second-order valence-corrected chi connectivity index (χ2v) is 6.54. The Kier molecular flexibility index (Phi) is 5.06. The molecular formula is C15H16ClN5O2S. The molecular weight excluding hydrogens is 350 g/mol. The molecule has 1 N–H and O–H groups in total. The van der Waals surface area contributed by atoms with Crippen LogP contribution in [0.4, 0.5) is 5.69 Å². The van der Waals surface area contributed by atoms with E-state index in [1.807, 2.05) is 0 Å². The van der Waals surface area contributed by atoms with Gasteiger partial charge in [0.1, 0.15) is 5.02 Å². The van der Waals surface area contributed by atoms with E-state index >= 15 is 0 Å². The molecule has 24 heavy (non-hydrogen) atoms. The van der Waals surface area contributed by atoms with Crippen molar-refractivity contribution in [3.63, 3.8) is 0 Å². The van der Waals surface area contributed by atoms with Crippen molar-refractivity contribution >= 4 is 35.7 Å². The summed E-state index contributed by atoms with van der Waals surface area (Å²) in [4.78, 5) is 10.4. The van der Waals surface area contributed by atoms with Gasteiger partial charge in [0.2, 0.25) is 4.77 Å². The van der Waals surface area contributed by atoms with E-state index < -0.39 is 4.92 Å². The lowest BCUT2D eigenvalue weighted by Gasteiger charge is -2.19. The molecule has 0 saturated heterocycles. The van der Waals surface area contributed by atoms with Gasteiger partial charge in [0.25, 0.3) is 5.69 Å². The van der Waals surface area contributed by atoms with Crippen molar-refractivity contribution in [3.05, 3.63) is 49.5 Å². The molecule has 1 aromatic carbocycles. The number of nitro groups is 1. The van der Waals surface area contributed by atoms with Gasteiger partial charge in [-0.25, -0.2) is 0 Å². The number of hydrogen-bond donors (Lipinski definition) is 1. The number of aromatic amines is 1. The number of nitrogens with one attached hydrogen (secondary N) is 1. The van der Waals surface area contributed by atoms with Crippen LogP contribution in [0, 0.1) is 14.9 Å². The molecule has 0 bridgehead atoms. The molecule has 1 aliphatic carbocycles. The molecule has 126 valence electrons. The highest BCUT2D eigenvalue weighted by Gasteiger charge is 2.21. The molecule has 1 heterocycles. The minimum Gasteiger partial charge on any atom is -0.258 e. The molecule has 0 unspecified atom stereocenters. The van der Waals surface area contributed by atoms with E-state index in [1.54, 1.807) is 10.7 Å². The monoisotopic (exact) mass is 365 g/mol. The first kappa shape index (κ1) is 16.8.